The van der Waals surface area contributed by atoms with E-state index in [0.717, 1.165) is 25.9 Å². The van der Waals surface area contributed by atoms with Crippen LogP contribution in [0.5, 0.6) is 0 Å². The van der Waals surface area contributed by atoms with Crippen LogP contribution in [0.4, 0.5) is 0 Å². The van der Waals surface area contributed by atoms with Gasteiger partial charge in [0.15, 0.2) is 6.29 Å². The van der Waals surface area contributed by atoms with Crippen LogP contribution in [-0.2, 0) is 23.1 Å². The molecule has 0 spiro atoms. The predicted molar refractivity (Wildman–Crippen MR) is 69.5 cm³/mol. The van der Waals surface area contributed by atoms with Gasteiger partial charge in [0.1, 0.15) is 0 Å². The molecule has 0 aliphatic carbocycles. The summed E-state index contributed by atoms with van der Waals surface area (Å²) in [5.74, 6) is 1.46. The summed E-state index contributed by atoms with van der Waals surface area (Å²) in [6.07, 6.45) is 4.68. The first-order chi connectivity index (χ1) is 8.70. The van der Waals surface area contributed by atoms with Gasteiger partial charge in [-0.1, -0.05) is 6.08 Å². The average Bonchev–Trinajstić information content (AvgIpc) is 2.37. The minimum Gasteiger partial charge on any atom is -0.353 e. The van der Waals surface area contributed by atoms with E-state index in [1.165, 1.54) is 5.82 Å². The highest BCUT2D eigenvalue weighted by molar-refractivity contribution is 7.57. The third kappa shape index (κ3) is 6.12. The molecule has 1 rings (SSSR count). The Kier molecular flexibility index (Phi) is 7.79. The summed E-state index contributed by atoms with van der Waals surface area (Å²) in [7, 11) is -3.09. The molecule has 0 bridgehead atoms. The maximum absolute atomic E-state index is 12.0. The summed E-state index contributed by atoms with van der Waals surface area (Å²) >= 11 is 0. The Labute approximate surface area is 109 Å². The zero-order valence-corrected chi connectivity index (χ0v) is 12.1. The fourth-order valence-corrected chi connectivity index (χ4v) is 2.97. The third-order valence-electron chi connectivity index (χ3n) is 2.42. The van der Waals surface area contributed by atoms with Crippen molar-refractivity contribution < 1.29 is 23.1 Å². The molecule has 0 radical (unpaired) electrons. The summed E-state index contributed by atoms with van der Waals surface area (Å²) in [5.41, 5.74) is 0. The molecular formula is C12H23O5P. The molecule has 1 atom stereocenters. The summed E-state index contributed by atoms with van der Waals surface area (Å²) in [6, 6.07) is 0. The van der Waals surface area contributed by atoms with Crippen LogP contribution < -0.4 is 0 Å². The van der Waals surface area contributed by atoms with E-state index >= 15 is 0 Å². The molecule has 1 saturated heterocycles. The maximum atomic E-state index is 12.0. The van der Waals surface area contributed by atoms with Crippen LogP contribution in [-0.4, -0.2) is 32.7 Å². The molecule has 0 aromatic carbocycles. The first-order valence-electron chi connectivity index (χ1n) is 6.50. The molecule has 0 amide bonds. The third-order valence-corrected chi connectivity index (χ3v) is 4.23. The lowest BCUT2D eigenvalue weighted by Gasteiger charge is -2.22. The molecule has 1 unspecified atom stereocenters. The zero-order valence-electron chi connectivity index (χ0n) is 11.2. The molecule has 106 valence electrons. The Morgan fingerprint density at radius 1 is 1.28 bits per heavy atom. The first-order valence-corrected chi connectivity index (χ1v) is 8.11. The highest BCUT2D eigenvalue weighted by atomic mass is 31.2. The van der Waals surface area contributed by atoms with Crippen molar-refractivity contribution >= 4 is 7.60 Å². The van der Waals surface area contributed by atoms with Gasteiger partial charge in [-0.05, 0) is 33.1 Å². The Morgan fingerprint density at radius 3 is 2.56 bits per heavy atom. The molecule has 0 aromatic heterocycles. The SMILES string of the molecule is CCOP(=O)(C=CCOC1CCCCO1)OCC. The van der Waals surface area contributed by atoms with Gasteiger partial charge in [-0.25, -0.2) is 0 Å². The Bertz CT molecular complexity index is 276. The first kappa shape index (κ1) is 15.9. The van der Waals surface area contributed by atoms with E-state index in [4.69, 9.17) is 18.5 Å². The topological polar surface area (TPSA) is 54.0 Å². The number of hydrogen-bond acceptors (Lipinski definition) is 5. The maximum Gasteiger partial charge on any atom is 0.353 e. The van der Waals surface area contributed by atoms with Gasteiger partial charge >= 0.3 is 7.60 Å². The van der Waals surface area contributed by atoms with Crippen LogP contribution in [0.25, 0.3) is 0 Å². The van der Waals surface area contributed by atoms with Crippen molar-refractivity contribution in [2.45, 2.75) is 39.4 Å². The summed E-state index contributed by atoms with van der Waals surface area (Å²) in [5, 5.41) is 0. The normalized spacial score (nSPS) is 21.6. The predicted octanol–water partition coefficient (Wildman–Crippen LogP) is 3.31. The van der Waals surface area contributed by atoms with Crippen molar-refractivity contribution in [1.82, 2.24) is 0 Å². The van der Waals surface area contributed by atoms with E-state index in [9.17, 15) is 4.57 Å². The molecule has 1 aliphatic rings. The van der Waals surface area contributed by atoms with Crippen LogP contribution in [0, 0.1) is 0 Å². The highest BCUT2D eigenvalue weighted by Crippen LogP contribution is 2.49. The molecular weight excluding hydrogens is 255 g/mol. The van der Waals surface area contributed by atoms with Crippen molar-refractivity contribution in [3.05, 3.63) is 11.9 Å². The zero-order chi connectivity index (χ0) is 13.3. The van der Waals surface area contributed by atoms with E-state index in [2.05, 4.69) is 0 Å². The second-order valence-electron chi connectivity index (χ2n) is 3.89. The van der Waals surface area contributed by atoms with Crippen molar-refractivity contribution in [1.29, 1.82) is 0 Å². The van der Waals surface area contributed by atoms with Crippen molar-refractivity contribution in [2.75, 3.05) is 26.4 Å². The van der Waals surface area contributed by atoms with Crippen LogP contribution >= 0.6 is 7.60 Å². The van der Waals surface area contributed by atoms with Gasteiger partial charge in [0.05, 0.1) is 19.8 Å². The number of ether oxygens (including phenoxy) is 2. The van der Waals surface area contributed by atoms with Crippen LogP contribution in [0.3, 0.4) is 0 Å². The van der Waals surface area contributed by atoms with Gasteiger partial charge in [-0.3, -0.25) is 4.57 Å². The van der Waals surface area contributed by atoms with Crippen molar-refractivity contribution in [3.8, 4) is 0 Å². The van der Waals surface area contributed by atoms with Gasteiger partial charge in [-0.15, -0.1) is 0 Å². The molecule has 1 heterocycles. The largest absolute Gasteiger partial charge is 0.353 e. The highest BCUT2D eigenvalue weighted by Gasteiger charge is 2.19. The fourth-order valence-electron chi connectivity index (χ4n) is 1.66. The van der Waals surface area contributed by atoms with Gasteiger partial charge in [0.2, 0.25) is 0 Å². The standard InChI is InChI=1S/C12H23O5P/c1-3-16-18(13,17-4-2)11-7-10-15-12-8-5-6-9-14-12/h7,11-12H,3-6,8-10H2,1-2H3. The molecule has 0 aromatic rings. The van der Waals surface area contributed by atoms with Gasteiger partial charge in [0, 0.05) is 12.4 Å². The molecule has 18 heavy (non-hydrogen) atoms. The molecule has 6 heteroatoms. The smallest absolute Gasteiger partial charge is 0.353 e. The number of hydrogen-bond donors (Lipinski definition) is 0. The second-order valence-corrected chi connectivity index (χ2v) is 5.78. The minimum absolute atomic E-state index is 0.137. The van der Waals surface area contributed by atoms with Gasteiger partial charge in [-0.2, -0.15) is 0 Å². The van der Waals surface area contributed by atoms with Crippen LogP contribution in [0.15, 0.2) is 11.9 Å². The van der Waals surface area contributed by atoms with Crippen LogP contribution in [0.1, 0.15) is 33.1 Å². The molecule has 5 nitrogen and oxygen atoms in total. The van der Waals surface area contributed by atoms with Gasteiger partial charge in [0.25, 0.3) is 0 Å². The van der Waals surface area contributed by atoms with E-state index in [0.29, 0.717) is 19.8 Å². The number of rotatable bonds is 8. The molecule has 0 N–H and O–H groups in total. The molecule has 0 saturated carbocycles. The fraction of sp³-hybridized carbons (Fsp3) is 0.833. The van der Waals surface area contributed by atoms with Gasteiger partial charge < -0.3 is 18.5 Å². The Balaban J connectivity index is 2.30. The monoisotopic (exact) mass is 278 g/mol. The average molecular weight is 278 g/mol. The second kappa shape index (κ2) is 8.83. The van der Waals surface area contributed by atoms with E-state index in [-0.39, 0.29) is 6.29 Å². The lowest BCUT2D eigenvalue weighted by atomic mass is 10.2. The van der Waals surface area contributed by atoms with Crippen molar-refractivity contribution in [2.24, 2.45) is 0 Å². The quantitative estimate of drug-likeness (QED) is 0.637. The Morgan fingerprint density at radius 2 is 2.00 bits per heavy atom. The van der Waals surface area contributed by atoms with E-state index < -0.39 is 7.60 Å². The minimum atomic E-state index is -3.09. The van der Waals surface area contributed by atoms with E-state index in [1.54, 1.807) is 19.9 Å². The molecule has 1 aliphatic heterocycles. The Hall–Kier alpha value is -0.190. The lowest BCUT2D eigenvalue weighted by molar-refractivity contribution is -0.155. The molecule has 1 fully saturated rings. The van der Waals surface area contributed by atoms with E-state index in [1.807, 2.05) is 0 Å². The van der Waals surface area contributed by atoms with Crippen LogP contribution in [0.2, 0.25) is 0 Å². The van der Waals surface area contributed by atoms with Crippen molar-refractivity contribution in [3.63, 3.8) is 0 Å². The summed E-state index contributed by atoms with van der Waals surface area (Å²) in [6.45, 7) is 5.39. The summed E-state index contributed by atoms with van der Waals surface area (Å²) in [4.78, 5) is 0. The lowest BCUT2D eigenvalue weighted by Crippen LogP contribution is -2.22. The summed E-state index contributed by atoms with van der Waals surface area (Å²) < 4.78 is 33.2.